The lowest BCUT2D eigenvalue weighted by atomic mass is 9.53. The molecule has 2 fully saturated rings. The van der Waals surface area contributed by atoms with E-state index in [-0.39, 0.29) is 5.91 Å². The van der Waals surface area contributed by atoms with Gasteiger partial charge in [-0.05, 0) is 56.6 Å². The first-order chi connectivity index (χ1) is 13.1. The first-order valence-corrected chi connectivity index (χ1v) is 10.5. The van der Waals surface area contributed by atoms with Crippen LogP contribution in [0.15, 0.2) is 36.4 Å². The third kappa shape index (κ3) is 3.80. The molecule has 4 atom stereocenters. The third-order valence-electron chi connectivity index (χ3n) is 6.57. The summed E-state index contributed by atoms with van der Waals surface area (Å²) < 4.78 is 2.01. The van der Waals surface area contributed by atoms with Crippen LogP contribution in [0.2, 0.25) is 0 Å². The van der Waals surface area contributed by atoms with Crippen LogP contribution in [0.25, 0.3) is 0 Å². The van der Waals surface area contributed by atoms with Crippen LogP contribution >= 0.6 is 0 Å². The van der Waals surface area contributed by atoms with Gasteiger partial charge >= 0.3 is 0 Å². The number of carbonyl (C=O) groups is 1. The van der Waals surface area contributed by atoms with Crippen molar-refractivity contribution in [1.29, 1.82) is 0 Å². The van der Waals surface area contributed by atoms with Crippen LogP contribution in [0.4, 0.5) is 0 Å². The number of carbonyl (C=O) groups excluding carboxylic acids is 1. The maximum atomic E-state index is 12.6. The zero-order valence-corrected chi connectivity index (χ0v) is 16.5. The zero-order chi connectivity index (χ0) is 18.8. The van der Waals surface area contributed by atoms with Crippen LogP contribution in [-0.4, -0.2) is 21.7 Å². The number of rotatable bonds is 6. The van der Waals surface area contributed by atoms with Crippen molar-refractivity contribution in [2.24, 2.45) is 11.8 Å². The Kier molecular flexibility index (Phi) is 5.33. The van der Waals surface area contributed by atoms with E-state index in [1.165, 1.54) is 36.9 Å². The Morgan fingerprint density at radius 1 is 1.15 bits per heavy atom. The summed E-state index contributed by atoms with van der Waals surface area (Å²) in [4.78, 5) is 12.6. The molecule has 4 nitrogen and oxygen atoms in total. The quantitative estimate of drug-likeness (QED) is 0.826. The van der Waals surface area contributed by atoms with Gasteiger partial charge in [-0.2, -0.15) is 5.10 Å². The highest BCUT2D eigenvalue weighted by Crippen LogP contribution is 2.54. The van der Waals surface area contributed by atoms with Crippen molar-refractivity contribution < 1.29 is 4.79 Å². The highest BCUT2D eigenvalue weighted by atomic mass is 16.1. The van der Waals surface area contributed by atoms with E-state index >= 15 is 0 Å². The standard InChI is InChI=1S/C23H31N3O/c1-16-15-17(2)26(25-16)14-8-13-21(27)24-23-20-12-7-6-11-19(20)22(23)18-9-4-3-5-10-18/h3-5,9-10,15,19-20,22-23H,6-8,11-14H2,1-2H3,(H,24,27)/t19-,20-,22+,23+/m1/s1. The number of aromatic nitrogens is 2. The van der Waals surface area contributed by atoms with Crippen molar-refractivity contribution >= 4 is 5.91 Å². The van der Waals surface area contributed by atoms with Gasteiger partial charge in [-0.3, -0.25) is 9.48 Å². The summed E-state index contributed by atoms with van der Waals surface area (Å²) in [7, 11) is 0. The van der Waals surface area contributed by atoms with E-state index < -0.39 is 0 Å². The molecule has 1 aromatic heterocycles. The molecule has 0 saturated heterocycles. The van der Waals surface area contributed by atoms with Crippen LogP contribution in [0.3, 0.4) is 0 Å². The van der Waals surface area contributed by atoms with E-state index in [9.17, 15) is 4.79 Å². The molecule has 1 N–H and O–H groups in total. The molecule has 0 radical (unpaired) electrons. The zero-order valence-electron chi connectivity index (χ0n) is 16.5. The molecule has 1 aromatic carbocycles. The molecule has 0 spiro atoms. The monoisotopic (exact) mass is 365 g/mol. The van der Waals surface area contributed by atoms with Crippen molar-refractivity contribution in [1.82, 2.24) is 15.1 Å². The van der Waals surface area contributed by atoms with Gasteiger partial charge in [-0.15, -0.1) is 0 Å². The number of nitrogens with zero attached hydrogens (tertiary/aromatic N) is 2. The minimum Gasteiger partial charge on any atom is -0.352 e. The van der Waals surface area contributed by atoms with Crippen molar-refractivity contribution in [2.45, 2.75) is 70.9 Å². The molecule has 0 bridgehead atoms. The van der Waals surface area contributed by atoms with Crippen molar-refractivity contribution in [3.05, 3.63) is 53.3 Å². The van der Waals surface area contributed by atoms with Crippen LogP contribution in [0.5, 0.6) is 0 Å². The van der Waals surface area contributed by atoms with Gasteiger partial charge in [0.1, 0.15) is 0 Å². The molecule has 4 heteroatoms. The molecule has 2 aliphatic rings. The van der Waals surface area contributed by atoms with Gasteiger partial charge in [0, 0.05) is 30.6 Å². The van der Waals surface area contributed by atoms with Gasteiger partial charge in [0.15, 0.2) is 0 Å². The first kappa shape index (κ1) is 18.3. The number of benzene rings is 1. The number of hydrogen-bond acceptors (Lipinski definition) is 2. The lowest BCUT2D eigenvalue weighted by Gasteiger charge is -2.55. The molecule has 27 heavy (non-hydrogen) atoms. The maximum Gasteiger partial charge on any atom is 0.220 e. The van der Waals surface area contributed by atoms with E-state index in [4.69, 9.17) is 0 Å². The highest BCUT2D eigenvalue weighted by molar-refractivity contribution is 5.76. The Labute approximate surface area is 162 Å². The van der Waals surface area contributed by atoms with Crippen molar-refractivity contribution in [2.75, 3.05) is 0 Å². The Hall–Kier alpha value is -2.10. The fourth-order valence-corrected chi connectivity index (χ4v) is 5.34. The van der Waals surface area contributed by atoms with E-state index in [1.807, 2.05) is 11.6 Å². The molecule has 2 aromatic rings. The van der Waals surface area contributed by atoms with Gasteiger partial charge in [-0.25, -0.2) is 0 Å². The first-order valence-electron chi connectivity index (χ1n) is 10.5. The molecule has 1 heterocycles. The summed E-state index contributed by atoms with van der Waals surface area (Å²) in [5.74, 6) is 2.12. The third-order valence-corrected chi connectivity index (χ3v) is 6.57. The van der Waals surface area contributed by atoms with Crippen molar-refractivity contribution in [3.63, 3.8) is 0 Å². The molecule has 4 rings (SSSR count). The van der Waals surface area contributed by atoms with Crippen LogP contribution in [0.1, 0.15) is 61.4 Å². The largest absolute Gasteiger partial charge is 0.352 e. The van der Waals surface area contributed by atoms with E-state index in [1.54, 1.807) is 0 Å². The number of nitrogens with one attached hydrogen (secondary N) is 1. The summed E-state index contributed by atoms with van der Waals surface area (Å²) in [6, 6.07) is 13.2. The van der Waals surface area contributed by atoms with E-state index in [0.717, 1.165) is 24.6 Å². The van der Waals surface area contributed by atoms with Crippen LogP contribution in [0, 0.1) is 25.7 Å². The summed E-state index contributed by atoms with van der Waals surface area (Å²) in [5, 5.41) is 7.89. The summed E-state index contributed by atoms with van der Waals surface area (Å²) in [5.41, 5.74) is 3.61. The second-order valence-corrected chi connectivity index (χ2v) is 8.40. The number of hydrogen-bond donors (Lipinski definition) is 1. The normalized spacial score (nSPS) is 26.9. The highest BCUT2D eigenvalue weighted by Gasteiger charge is 2.51. The fraction of sp³-hybridized carbons (Fsp3) is 0.565. The molecular formula is C23H31N3O. The molecular weight excluding hydrogens is 334 g/mol. The second kappa shape index (κ2) is 7.87. The Morgan fingerprint density at radius 2 is 1.89 bits per heavy atom. The molecule has 144 valence electrons. The predicted molar refractivity (Wildman–Crippen MR) is 107 cm³/mol. The second-order valence-electron chi connectivity index (χ2n) is 8.40. The van der Waals surface area contributed by atoms with Gasteiger partial charge in [-0.1, -0.05) is 43.2 Å². The number of fused-ring (bicyclic) bond motifs is 1. The molecule has 2 aliphatic carbocycles. The molecule has 1 amide bonds. The van der Waals surface area contributed by atoms with Gasteiger partial charge in [0.25, 0.3) is 0 Å². The Balaban J connectivity index is 1.35. The average molecular weight is 366 g/mol. The van der Waals surface area contributed by atoms with Crippen molar-refractivity contribution in [3.8, 4) is 0 Å². The fourth-order valence-electron chi connectivity index (χ4n) is 5.34. The van der Waals surface area contributed by atoms with Gasteiger partial charge < -0.3 is 5.32 Å². The summed E-state index contributed by atoms with van der Waals surface area (Å²) in [6.45, 7) is 4.89. The predicted octanol–water partition coefficient (Wildman–Crippen LogP) is 4.37. The van der Waals surface area contributed by atoms with E-state index in [2.05, 4.69) is 53.7 Å². The Morgan fingerprint density at radius 3 is 2.59 bits per heavy atom. The molecule has 0 unspecified atom stereocenters. The minimum absolute atomic E-state index is 0.200. The van der Waals surface area contributed by atoms with E-state index in [0.29, 0.717) is 24.3 Å². The van der Waals surface area contributed by atoms with Gasteiger partial charge in [0.05, 0.1) is 5.69 Å². The minimum atomic E-state index is 0.200. The van der Waals surface area contributed by atoms with Crippen LogP contribution in [-0.2, 0) is 11.3 Å². The number of aryl methyl sites for hydroxylation is 3. The molecule has 2 saturated carbocycles. The summed E-state index contributed by atoms with van der Waals surface area (Å²) in [6.07, 6.45) is 6.65. The summed E-state index contributed by atoms with van der Waals surface area (Å²) >= 11 is 0. The lowest BCUT2D eigenvalue weighted by molar-refractivity contribution is -0.125. The maximum absolute atomic E-state index is 12.6. The lowest BCUT2D eigenvalue weighted by Crippen LogP contribution is -2.59. The SMILES string of the molecule is Cc1cc(C)n(CCCC(=O)N[C@H]2[C@@H]3CCCC[C@H]3[C@@H]2c2ccccc2)n1. The molecule has 0 aliphatic heterocycles. The average Bonchev–Trinajstić information content (AvgIpc) is 2.98. The van der Waals surface area contributed by atoms with Crippen LogP contribution < -0.4 is 5.32 Å². The smallest absolute Gasteiger partial charge is 0.220 e. The Bertz CT molecular complexity index is 782. The van der Waals surface area contributed by atoms with Gasteiger partial charge in [0.2, 0.25) is 5.91 Å². The number of amides is 1. The topological polar surface area (TPSA) is 46.9 Å².